The summed E-state index contributed by atoms with van der Waals surface area (Å²) in [6.45, 7) is 6.21. The Morgan fingerprint density at radius 3 is 2.85 bits per heavy atom. The van der Waals surface area contributed by atoms with Gasteiger partial charge in [0.05, 0.1) is 6.04 Å². The molecular formula is C11H17NO. The molecule has 1 aliphatic rings. The van der Waals surface area contributed by atoms with Crippen molar-refractivity contribution in [2.45, 2.75) is 33.2 Å². The summed E-state index contributed by atoms with van der Waals surface area (Å²) < 4.78 is 0. The third kappa shape index (κ3) is 2.72. The fourth-order valence-electron chi connectivity index (χ4n) is 1.30. The first-order chi connectivity index (χ1) is 6.13. The van der Waals surface area contributed by atoms with E-state index in [2.05, 4.69) is 18.8 Å². The molecule has 13 heavy (non-hydrogen) atoms. The number of allylic oxidation sites excluding steroid dienone is 1. The maximum atomic E-state index is 9.21. The molecule has 2 atom stereocenters. The number of aliphatic hydroxyl groups excluding tert-OH is 1. The fourth-order valence-corrected chi connectivity index (χ4v) is 1.30. The highest BCUT2D eigenvalue weighted by Crippen LogP contribution is 2.18. The molecule has 2 unspecified atom stereocenters. The van der Waals surface area contributed by atoms with Gasteiger partial charge in [0.15, 0.2) is 0 Å². The van der Waals surface area contributed by atoms with E-state index in [4.69, 9.17) is 0 Å². The van der Waals surface area contributed by atoms with Crippen molar-refractivity contribution in [3.05, 3.63) is 24.0 Å². The number of aliphatic imine (C=N–C) groups is 1. The van der Waals surface area contributed by atoms with Gasteiger partial charge in [-0.25, -0.2) is 0 Å². The first-order valence-corrected chi connectivity index (χ1v) is 4.75. The molecule has 0 fully saturated rings. The number of nitrogens with zero attached hydrogens (tertiary/aromatic N) is 1. The SMILES string of the molecule is CCC(C)=NC1C=CC(O)=CC1C. The van der Waals surface area contributed by atoms with Crippen molar-refractivity contribution in [3.8, 4) is 0 Å². The molecule has 0 saturated heterocycles. The molecular weight excluding hydrogens is 162 g/mol. The van der Waals surface area contributed by atoms with Crippen LogP contribution in [0.2, 0.25) is 0 Å². The Balaban J connectivity index is 2.70. The highest BCUT2D eigenvalue weighted by atomic mass is 16.3. The molecule has 0 aliphatic heterocycles. The lowest BCUT2D eigenvalue weighted by atomic mass is 9.97. The van der Waals surface area contributed by atoms with E-state index in [0.29, 0.717) is 11.7 Å². The van der Waals surface area contributed by atoms with Crippen LogP contribution in [0.3, 0.4) is 0 Å². The molecule has 72 valence electrons. The second-order valence-electron chi connectivity index (χ2n) is 3.52. The zero-order valence-corrected chi connectivity index (χ0v) is 8.49. The van der Waals surface area contributed by atoms with E-state index < -0.39 is 0 Å². The quantitative estimate of drug-likeness (QED) is 0.649. The van der Waals surface area contributed by atoms with Crippen LogP contribution >= 0.6 is 0 Å². The Kier molecular flexibility index (Phi) is 3.29. The molecule has 1 N–H and O–H groups in total. The molecule has 2 nitrogen and oxygen atoms in total. The first-order valence-electron chi connectivity index (χ1n) is 4.75. The lowest BCUT2D eigenvalue weighted by molar-refractivity contribution is 0.415. The van der Waals surface area contributed by atoms with E-state index in [-0.39, 0.29) is 6.04 Å². The summed E-state index contributed by atoms with van der Waals surface area (Å²) in [5.41, 5.74) is 1.16. The van der Waals surface area contributed by atoms with Gasteiger partial charge >= 0.3 is 0 Å². The van der Waals surface area contributed by atoms with Gasteiger partial charge in [0, 0.05) is 11.6 Å². The average Bonchev–Trinajstić information content (AvgIpc) is 2.09. The average molecular weight is 179 g/mol. The van der Waals surface area contributed by atoms with Gasteiger partial charge in [0.2, 0.25) is 0 Å². The summed E-state index contributed by atoms with van der Waals surface area (Å²) in [6, 6.07) is 0.204. The molecule has 2 heteroatoms. The van der Waals surface area contributed by atoms with Crippen LogP contribution in [0.5, 0.6) is 0 Å². The number of hydrogen-bond acceptors (Lipinski definition) is 2. The summed E-state index contributed by atoms with van der Waals surface area (Å²) in [5, 5.41) is 9.21. The van der Waals surface area contributed by atoms with E-state index in [0.717, 1.165) is 12.1 Å². The third-order valence-corrected chi connectivity index (χ3v) is 2.32. The van der Waals surface area contributed by atoms with Gasteiger partial charge in [-0.05, 0) is 25.5 Å². The van der Waals surface area contributed by atoms with Crippen molar-refractivity contribution < 1.29 is 5.11 Å². The number of aliphatic hydroxyl groups is 1. The zero-order valence-electron chi connectivity index (χ0n) is 8.49. The van der Waals surface area contributed by atoms with Crippen molar-refractivity contribution in [2.24, 2.45) is 10.9 Å². The zero-order chi connectivity index (χ0) is 9.84. The summed E-state index contributed by atoms with van der Waals surface area (Å²) in [5.74, 6) is 0.652. The highest BCUT2D eigenvalue weighted by Gasteiger charge is 2.15. The molecule has 0 radical (unpaired) electrons. The van der Waals surface area contributed by atoms with Gasteiger partial charge in [-0.3, -0.25) is 4.99 Å². The monoisotopic (exact) mass is 179 g/mol. The Bertz CT molecular complexity index is 263. The molecule has 1 rings (SSSR count). The number of rotatable bonds is 2. The van der Waals surface area contributed by atoms with Gasteiger partial charge in [0.25, 0.3) is 0 Å². The Labute approximate surface area is 79.7 Å². The van der Waals surface area contributed by atoms with Crippen molar-refractivity contribution >= 4 is 5.71 Å². The fraction of sp³-hybridized carbons (Fsp3) is 0.545. The molecule has 0 aromatic rings. The van der Waals surface area contributed by atoms with Crippen molar-refractivity contribution in [3.63, 3.8) is 0 Å². The smallest absolute Gasteiger partial charge is 0.111 e. The van der Waals surface area contributed by atoms with Gasteiger partial charge in [0.1, 0.15) is 5.76 Å². The molecule has 0 aromatic carbocycles. The standard InChI is InChI=1S/C11H17NO/c1-4-9(3)12-11-6-5-10(13)7-8(11)2/h5-8,11,13H,4H2,1-3H3. The van der Waals surface area contributed by atoms with Crippen molar-refractivity contribution in [2.75, 3.05) is 0 Å². The minimum Gasteiger partial charge on any atom is -0.508 e. The largest absolute Gasteiger partial charge is 0.508 e. The van der Waals surface area contributed by atoms with Gasteiger partial charge in [-0.1, -0.05) is 19.9 Å². The molecule has 0 spiro atoms. The first kappa shape index (κ1) is 10.0. The van der Waals surface area contributed by atoms with Crippen LogP contribution in [0.4, 0.5) is 0 Å². The highest BCUT2D eigenvalue weighted by molar-refractivity contribution is 5.81. The van der Waals surface area contributed by atoms with E-state index in [9.17, 15) is 5.11 Å². The predicted molar refractivity (Wildman–Crippen MR) is 56.2 cm³/mol. The molecule has 0 amide bonds. The van der Waals surface area contributed by atoms with E-state index in [1.807, 2.05) is 19.1 Å². The lowest BCUT2D eigenvalue weighted by Gasteiger charge is -2.18. The minimum absolute atomic E-state index is 0.204. The maximum absolute atomic E-state index is 9.21. The molecule has 0 saturated carbocycles. The Morgan fingerprint density at radius 1 is 1.62 bits per heavy atom. The van der Waals surface area contributed by atoms with E-state index in [1.54, 1.807) is 6.08 Å². The summed E-state index contributed by atoms with van der Waals surface area (Å²) in [6.07, 6.45) is 6.51. The van der Waals surface area contributed by atoms with Gasteiger partial charge in [-0.2, -0.15) is 0 Å². The van der Waals surface area contributed by atoms with Crippen molar-refractivity contribution in [1.29, 1.82) is 0 Å². The van der Waals surface area contributed by atoms with Gasteiger partial charge in [-0.15, -0.1) is 0 Å². The van der Waals surface area contributed by atoms with Crippen LogP contribution < -0.4 is 0 Å². The van der Waals surface area contributed by atoms with E-state index >= 15 is 0 Å². The molecule has 0 aromatic heterocycles. The summed E-state index contributed by atoms with van der Waals surface area (Å²) in [4.78, 5) is 4.54. The van der Waals surface area contributed by atoms with Crippen LogP contribution in [-0.4, -0.2) is 16.9 Å². The van der Waals surface area contributed by atoms with Crippen LogP contribution in [0.25, 0.3) is 0 Å². The normalized spacial score (nSPS) is 28.8. The van der Waals surface area contributed by atoms with E-state index in [1.165, 1.54) is 0 Å². The van der Waals surface area contributed by atoms with Gasteiger partial charge < -0.3 is 5.11 Å². The minimum atomic E-state index is 0.204. The predicted octanol–water partition coefficient (Wildman–Crippen LogP) is 2.87. The second kappa shape index (κ2) is 4.26. The number of hydrogen-bond donors (Lipinski definition) is 1. The molecule has 1 aliphatic carbocycles. The van der Waals surface area contributed by atoms with Crippen LogP contribution in [0.1, 0.15) is 27.2 Å². The second-order valence-corrected chi connectivity index (χ2v) is 3.52. The summed E-state index contributed by atoms with van der Waals surface area (Å²) >= 11 is 0. The van der Waals surface area contributed by atoms with Crippen LogP contribution in [0.15, 0.2) is 29.0 Å². The lowest BCUT2D eigenvalue weighted by Crippen LogP contribution is -2.16. The van der Waals surface area contributed by atoms with Crippen molar-refractivity contribution in [1.82, 2.24) is 0 Å². The molecule has 0 heterocycles. The van der Waals surface area contributed by atoms with Crippen LogP contribution in [0, 0.1) is 5.92 Å². The topological polar surface area (TPSA) is 32.6 Å². The Morgan fingerprint density at radius 2 is 2.31 bits per heavy atom. The third-order valence-electron chi connectivity index (χ3n) is 2.32. The maximum Gasteiger partial charge on any atom is 0.111 e. The summed E-state index contributed by atoms with van der Waals surface area (Å²) in [7, 11) is 0. The van der Waals surface area contributed by atoms with Crippen LogP contribution in [-0.2, 0) is 0 Å². The molecule has 0 bridgehead atoms. The Hall–Kier alpha value is -1.05.